The van der Waals surface area contributed by atoms with Crippen LogP contribution in [0.1, 0.15) is 49.1 Å². The van der Waals surface area contributed by atoms with Gasteiger partial charge in [-0.2, -0.15) is 0 Å². The predicted octanol–water partition coefficient (Wildman–Crippen LogP) is 3.98. The number of hydrogen-bond acceptors (Lipinski definition) is 4. The highest BCUT2D eigenvalue weighted by Crippen LogP contribution is 2.44. The molecule has 176 valence electrons. The second-order valence-electron chi connectivity index (χ2n) is 9.39. The van der Waals surface area contributed by atoms with Gasteiger partial charge in [0.1, 0.15) is 12.1 Å². The number of alkyl carbamates (subject to hydrolysis) is 1. The number of carboxylic acid groups (broad SMARTS) is 1. The van der Waals surface area contributed by atoms with Gasteiger partial charge in [-0.05, 0) is 41.5 Å². The summed E-state index contributed by atoms with van der Waals surface area (Å²) in [7, 11) is 0. The van der Waals surface area contributed by atoms with E-state index >= 15 is 0 Å². The van der Waals surface area contributed by atoms with Gasteiger partial charge >= 0.3 is 12.1 Å². The lowest BCUT2D eigenvalue weighted by Gasteiger charge is -2.27. The Hall–Kier alpha value is -3.61. The van der Waals surface area contributed by atoms with Gasteiger partial charge in [-0.1, -0.05) is 73.5 Å². The lowest BCUT2D eigenvalue weighted by atomic mass is 9.96. The molecular weight excluding hydrogens is 432 g/mol. The largest absolute Gasteiger partial charge is 0.480 e. The van der Waals surface area contributed by atoms with Crippen molar-refractivity contribution in [1.29, 1.82) is 0 Å². The van der Waals surface area contributed by atoms with Crippen molar-refractivity contribution in [3.63, 3.8) is 0 Å². The molecular formula is C27H28N2O5. The molecule has 0 aromatic heterocycles. The Morgan fingerprint density at radius 3 is 2.18 bits per heavy atom. The van der Waals surface area contributed by atoms with Crippen molar-refractivity contribution in [3.05, 3.63) is 71.8 Å². The molecule has 34 heavy (non-hydrogen) atoms. The number of aliphatic carboxylic acids is 1. The van der Waals surface area contributed by atoms with Gasteiger partial charge in [0.05, 0.1) is 12.0 Å². The molecule has 0 bridgehead atoms. The van der Waals surface area contributed by atoms with Gasteiger partial charge in [-0.25, -0.2) is 9.59 Å². The first-order valence-corrected chi connectivity index (χ1v) is 11.8. The highest BCUT2D eigenvalue weighted by molar-refractivity contribution is 5.89. The maximum atomic E-state index is 12.7. The minimum atomic E-state index is -1.16. The summed E-state index contributed by atoms with van der Waals surface area (Å²) in [6, 6.07) is 16.0. The van der Waals surface area contributed by atoms with Gasteiger partial charge in [-0.15, -0.1) is 0 Å². The average Bonchev–Trinajstić information content (AvgIpc) is 3.56. The quantitative estimate of drug-likeness (QED) is 0.566. The summed E-state index contributed by atoms with van der Waals surface area (Å²) in [5, 5.41) is 15.2. The molecule has 3 N–H and O–H groups in total. The first-order valence-electron chi connectivity index (χ1n) is 11.8. The molecule has 1 saturated carbocycles. The maximum Gasteiger partial charge on any atom is 0.407 e. The molecule has 0 saturated heterocycles. The van der Waals surface area contributed by atoms with Crippen LogP contribution in [0.25, 0.3) is 11.1 Å². The van der Waals surface area contributed by atoms with E-state index in [-0.39, 0.29) is 24.5 Å². The molecule has 7 heteroatoms. The zero-order chi connectivity index (χ0) is 23.7. The topological polar surface area (TPSA) is 105 Å². The normalized spacial score (nSPS) is 22.1. The summed E-state index contributed by atoms with van der Waals surface area (Å²) >= 11 is 0. The number of carboxylic acids is 1. The molecule has 1 fully saturated rings. The van der Waals surface area contributed by atoms with Crippen LogP contribution in [0.3, 0.4) is 0 Å². The second kappa shape index (κ2) is 8.97. The SMILES string of the molecule is O=C(NC1C=CC(C(=O)NC2(C(=O)O)CCCC2)C1)OCC1c2ccccc2-c2ccccc21. The number of hydrogen-bond donors (Lipinski definition) is 3. The number of nitrogens with one attached hydrogen (secondary N) is 2. The van der Waals surface area contributed by atoms with Crippen molar-refractivity contribution < 1.29 is 24.2 Å². The van der Waals surface area contributed by atoms with Gasteiger partial charge in [0.2, 0.25) is 5.91 Å². The van der Waals surface area contributed by atoms with Crippen molar-refractivity contribution in [2.24, 2.45) is 5.92 Å². The van der Waals surface area contributed by atoms with Crippen LogP contribution in [0.2, 0.25) is 0 Å². The van der Waals surface area contributed by atoms with Gasteiger partial charge in [-0.3, -0.25) is 4.79 Å². The van der Waals surface area contributed by atoms with Crippen LogP contribution in [0.4, 0.5) is 4.79 Å². The molecule has 7 nitrogen and oxygen atoms in total. The summed E-state index contributed by atoms with van der Waals surface area (Å²) < 4.78 is 5.59. The summed E-state index contributed by atoms with van der Waals surface area (Å²) in [4.78, 5) is 36.9. The fourth-order valence-electron chi connectivity index (χ4n) is 5.49. The monoisotopic (exact) mass is 460 g/mol. The first-order chi connectivity index (χ1) is 16.5. The number of carbonyl (C=O) groups excluding carboxylic acids is 2. The van der Waals surface area contributed by atoms with E-state index in [1.165, 1.54) is 11.1 Å². The Morgan fingerprint density at radius 2 is 1.56 bits per heavy atom. The fraction of sp³-hybridized carbons (Fsp3) is 0.370. The summed E-state index contributed by atoms with van der Waals surface area (Å²) in [5.74, 6) is -1.78. The molecule has 2 aromatic carbocycles. The predicted molar refractivity (Wildman–Crippen MR) is 126 cm³/mol. The third-order valence-corrected chi connectivity index (χ3v) is 7.30. The van der Waals surface area contributed by atoms with Gasteiger partial charge in [0, 0.05) is 5.92 Å². The van der Waals surface area contributed by atoms with Crippen LogP contribution in [0.15, 0.2) is 60.7 Å². The minimum Gasteiger partial charge on any atom is -0.480 e. The molecule has 2 unspecified atom stereocenters. The summed E-state index contributed by atoms with van der Waals surface area (Å²) in [5.41, 5.74) is 3.46. The maximum absolute atomic E-state index is 12.7. The minimum absolute atomic E-state index is 0.0191. The molecule has 0 radical (unpaired) electrons. The van der Waals surface area contributed by atoms with E-state index in [0.29, 0.717) is 19.3 Å². The Morgan fingerprint density at radius 1 is 0.941 bits per heavy atom. The smallest absolute Gasteiger partial charge is 0.407 e. The van der Waals surface area contributed by atoms with E-state index in [4.69, 9.17) is 4.74 Å². The second-order valence-corrected chi connectivity index (χ2v) is 9.39. The Bertz CT molecular complexity index is 1110. The number of carbonyl (C=O) groups is 3. The lowest BCUT2D eigenvalue weighted by molar-refractivity contribution is -0.147. The average molecular weight is 461 g/mol. The van der Waals surface area contributed by atoms with Crippen LogP contribution < -0.4 is 10.6 Å². The van der Waals surface area contributed by atoms with E-state index in [1.807, 2.05) is 24.3 Å². The van der Waals surface area contributed by atoms with Crippen molar-refractivity contribution >= 4 is 18.0 Å². The van der Waals surface area contributed by atoms with E-state index in [1.54, 1.807) is 12.2 Å². The summed E-state index contributed by atoms with van der Waals surface area (Å²) in [6.45, 7) is 0.224. The first kappa shape index (κ1) is 22.2. The Balaban J connectivity index is 1.15. The third kappa shape index (κ3) is 4.06. The molecule has 0 spiro atoms. The van der Waals surface area contributed by atoms with E-state index in [9.17, 15) is 19.5 Å². The number of fused-ring (bicyclic) bond motifs is 3. The highest BCUT2D eigenvalue weighted by Gasteiger charge is 2.44. The molecule has 0 heterocycles. The van der Waals surface area contributed by atoms with Gasteiger partial charge in [0.15, 0.2) is 0 Å². The zero-order valence-electron chi connectivity index (χ0n) is 18.8. The molecule has 3 aliphatic rings. The molecule has 2 amide bonds. The van der Waals surface area contributed by atoms with Crippen LogP contribution in [-0.2, 0) is 14.3 Å². The zero-order valence-corrected chi connectivity index (χ0v) is 18.8. The number of ether oxygens (including phenoxy) is 1. The number of amides is 2. The molecule has 3 aliphatic carbocycles. The van der Waals surface area contributed by atoms with Crippen molar-refractivity contribution in [3.8, 4) is 11.1 Å². The molecule has 2 aromatic rings. The molecule has 0 aliphatic heterocycles. The van der Waals surface area contributed by atoms with E-state index in [0.717, 1.165) is 24.0 Å². The van der Waals surface area contributed by atoms with Gasteiger partial charge < -0.3 is 20.5 Å². The van der Waals surface area contributed by atoms with Crippen LogP contribution >= 0.6 is 0 Å². The van der Waals surface area contributed by atoms with E-state index in [2.05, 4.69) is 34.9 Å². The summed E-state index contributed by atoms with van der Waals surface area (Å²) in [6.07, 6.45) is 5.83. The van der Waals surface area contributed by atoms with Crippen LogP contribution in [0, 0.1) is 5.92 Å². The number of benzene rings is 2. The van der Waals surface area contributed by atoms with Gasteiger partial charge in [0.25, 0.3) is 0 Å². The lowest BCUT2D eigenvalue weighted by Crippen LogP contribution is -2.54. The van der Waals surface area contributed by atoms with Crippen LogP contribution in [0.5, 0.6) is 0 Å². The van der Waals surface area contributed by atoms with Crippen LogP contribution in [-0.4, -0.2) is 41.3 Å². The molecule has 2 atom stereocenters. The Labute approximate surface area is 198 Å². The van der Waals surface area contributed by atoms with Crippen molar-refractivity contribution in [1.82, 2.24) is 10.6 Å². The third-order valence-electron chi connectivity index (χ3n) is 7.30. The van der Waals surface area contributed by atoms with E-state index < -0.39 is 23.5 Å². The Kier molecular flexibility index (Phi) is 5.86. The fourth-order valence-corrected chi connectivity index (χ4v) is 5.49. The van der Waals surface area contributed by atoms with Crippen molar-refractivity contribution in [2.45, 2.75) is 49.6 Å². The van der Waals surface area contributed by atoms with Crippen molar-refractivity contribution in [2.75, 3.05) is 6.61 Å². The number of rotatable bonds is 6. The standard InChI is InChI=1S/C27H28N2O5/c30-24(29-27(25(31)32)13-5-6-14-27)17-11-12-18(15-17)28-26(33)34-16-23-21-9-3-1-7-19(21)20-8-2-4-10-22(20)23/h1-4,7-12,17-18,23H,5-6,13-16H2,(H,28,33)(H,29,30)(H,31,32). The molecule has 5 rings (SSSR count). The highest BCUT2D eigenvalue weighted by atomic mass is 16.5.